The van der Waals surface area contributed by atoms with E-state index in [2.05, 4.69) is 26.0 Å². The molecular weight excluding hydrogens is 297 g/mol. The summed E-state index contributed by atoms with van der Waals surface area (Å²) in [5.74, 6) is 0.491. The van der Waals surface area contributed by atoms with Gasteiger partial charge in [-0.15, -0.1) is 0 Å². The van der Waals surface area contributed by atoms with Crippen LogP contribution in [0, 0.1) is 5.82 Å². The molecule has 0 atom stereocenters. The largest absolute Gasteiger partial charge is 0.221 e. The van der Waals surface area contributed by atoms with Crippen LogP contribution >= 0.6 is 15.9 Å². The molecule has 0 N–H and O–H groups in total. The lowest BCUT2D eigenvalue weighted by atomic mass is 10.1. The second-order valence-corrected chi connectivity index (χ2v) is 4.89. The molecule has 3 aromatic rings. The zero-order valence-electron chi connectivity index (χ0n) is 9.35. The molecule has 3 rings (SSSR count). The third-order valence-electron chi connectivity index (χ3n) is 2.62. The third-order valence-corrected chi connectivity index (χ3v) is 3.11. The first-order valence-corrected chi connectivity index (χ1v) is 6.25. The van der Waals surface area contributed by atoms with Gasteiger partial charge in [-0.05, 0) is 29.8 Å². The summed E-state index contributed by atoms with van der Waals surface area (Å²) in [5.41, 5.74) is 1.79. The van der Waals surface area contributed by atoms with Gasteiger partial charge in [0.2, 0.25) is 0 Å². The number of pyridine rings is 1. The maximum absolute atomic E-state index is 12.8. The van der Waals surface area contributed by atoms with Crippen molar-refractivity contribution in [3.63, 3.8) is 0 Å². The Kier molecular flexibility index (Phi) is 2.83. The zero-order valence-corrected chi connectivity index (χ0v) is 10.9. The molecule has 0 unspecified atom stereocenters. The molecule has 1 aromatic carbocycles. The summed E-state index contributed by atoms with van der Waals surface area (Å²) in [4.78, 5) is 4.42. The molecule has 3 nitrogen and oxygen atoms in total. The van der Waals surface area contributed by atoms with Gasteiger partial charge in [0.25, 0.3) is 0 Å². The van der Waals surface area contributed by atoms with E-state index in [-0.39, 0.29) is 5.82 Å². The molecule has 0 aliphatic carbocycles. The van der Waals surface area contributed by atoms with E-state index in [1.54, 1.807) is 16.6 Å². The van der Waals surface area contributed by atoms with Gasteiger partial charge in [0.05, 0.1) is 0 Å². The summed E-state index contributed by atoms with van der Waals surface area (Å²) in [7, 11) is 0. The summed E-state index contributed by atoms with van der Waals surface area (Å²) in [6, 6.07) is 10.2. The molecule has 90 valence electrons. The first kappa shape index (κ1) is 11.3. The maximum atomic E-state index is 12.8. The quantitative estimate of drug-likeness (QED) is 0.727. The van der Waals surface area contributed by atoms with Crippen molar-refractivity contribution >= 4 is 21.6 Å². The van der Waals surface area contributed by atoms with Gasteiger partial charge in [0.15, 0.2) is 11.5 Å². The lowest BCUT2D eigenvalue weighted by Gasteiger charge is -1.95. The van der Waals surface area contributed by atoms with E-state index in [0.29, 0.717) is 6.42 Å². The van der Waals surface area contributed by atoms with Crippen molar-refractivity contribution in [2.24, 2.45) is 0 Å². The zero-order chi connectivity index (χ0) is 12.5. The van der Waals surface area contributed by atoms with Crippen LogP contribution in [-0.2, 0) is 6.42 Å². The Morgan fingerprint density at radius 1 is 1.17 bits per heavy atom. The van der Waals surface area contributed by atoms with Crippen molar-refractivity contribution in [1.29, 1.82) is 0 Å². The number of benzene rings is 1. The van der Waals surface area contributed by atoms with Gasteiger partial charge in [0.1, 0.15) is 5.82 Å². The van der Waals surface area contributed by atoms with E-state index in [4.69, 9.17) is 0 Å². The average Bonchev–Trinajstić information content (AvgIpc) is 2.73. The molecule has 0 saturated carbocycles. The Hall–Kier alpha value is -1.75. The molecule has 0 spiro atoms. The Bertz CT molecular complexity index is 691. The highest BCUT2D eigenvalue weighted by atomic mass is 79.9. The summed E-state index contributed by atoms with van der Waals surface area (Å²) in [6.07, 6.45) is 2.44. The first-order chi connectivity index (χ1) is 8.70. The monoisotopic (exact) mass is 305 g/mol. The van der Waals surface area contributed by atoms with E-state index in [0.717, 1.165) is 21.5 Å². The Morgan fingerprint density at radius 3 is 2.72 bits per heavy atom. The van der Waals surface area contributed by atoms with Gasteiger partial charge in [-0.25, -0.2) is 13.9 Å². The number of hydrogen-bond donors (Lipinski definition) is 0. The lowest BCUT2D eigenvalue weighted by molar-refractivity contribution is 0.627. The minimum absolute atomic E-state index is 0.231. The fourth-order valence-corrected chi connectivity index (χ4v) is 2.09. The molecule has 0 bridgehead atoms. The normalized spacial score (nSPS) is 11.0. The Morgan fingerprint density at radius 2 is 1.94 bits per heavy atom. The second kappa shape index (κ2) is 4.49. The van der Waals surface area contributed by atoms with Crippen LogP contribution in [0.2, 0.25) is 0 Å². The molecule has 0 aliphatic rings. The predicted octanol–water partition coefficient (Wildman–Crippen LogP) is 3.22. The van der Waals surface area contributed by atoms with E-state index in [1.165, 1.54) is 12.1 Å². The molecule has 0 saturated heterocycles. The highest BCUT2D eigenvalue weighted by Gasteiger charge is 2.05. The molecule has 0 fully saturated rings. The van der Waals surface area contributed by atoms with Crippen LogP contribution in [0.5, 0.6) is 0 Å². The van der Waals surface area contributed by atoms with Crippen molar-refractivity contribution in [2.45, 2.75) is 6.42 Å². The van der Waals surface area contributed by atoms with E-state index >= 15 is 0 Å². The third kappa shape index (κ3) is 2.26. The molecule has 2 aromatic heterocycles. The minimum Gasteiger partial charge on any atom is -0.221 e. The van der Waals surface area contributed by atoms with Crippen LogP contribution in [0.25, 0.3) is 5.65 Å². The standard InChI is InChI=1S/C13H9BrFN3/c14-10-5-6-18-13(8-10)16-12(17-18)7-9-1-3-11(15)4-2-9/h1-6,8H,7H2. The molecule has 0 aliphatic heterocycles. The summed E-state index contributed by atoms with van der Waals surface area (Å²) in [5, 5.41) is 4.36. The molecule has 18 heavy (non-hydrogen) atoms. The van der Waals surface area contributed by atoms with Gasteiger partial charge in [-0.2, -0.15) is 5.10 Å². The lowest BCUT2D eigenvalue weighted by Crippen LogP contribution is -1.92. The second-order valence-electron chi connectivity index (χ2n) is 3.98. The fourth-order valence-electron chi connectivity index (χ4n) is 1.76. The summed E-state index contributed by atoms with van der Waals surface area (Å²) >= 11 is 3.39. The van der Waals surface area contributed by atoms with E-state index in [9.17, 15) is 4.39 Å². The minimum atomic E-state index is -0.231. The summed E-state index contributed by atoms with van der Waals surface area (Å²) in [6.45, 7) is 0. The van der Waals surface area contributed by atoms with Crippen molar-refractivity contribution < 1.29 is 4.39 Å². The van der Waals surface area contributed by atoms with Crippen molar-refractivity contribution in [2.75, 3.05) is 0 Å². The number of nitrogens with zero attached hydrogens (tertiary/aromatic N) is 3. The van der Waals surface area contributed by atoms with Crippen molar-refractivity contribution in [1.82, 2.24) is 14.6 Å². The van der Waals surface area contributed by atoms with Crippen LogP contribution in [0.1, 0.15) is 11.4 Å². The number of hydrogen-bond acceptors (Lipinski definition) is 2. The number of aromatic nitrogens is 3. The number of rotatable bonds is 2. The van der Waals surface area contributed by atoms with Crippen LogP contribution < -0.4 is 0 Å². The molecule has 5 heteroatoms. The fraction of sp³-hybridized carbons (Fsp3) is 0.0769. The summed E-state index contributed by atoms with van der Waals surface area (Å²) < 4.78 is 15.5. The Labute approximate surface area is 111 Å². The molecule has 0 radical (unpaired) electrons. The number of fused-ring (bicyclic) bond motifs is 1. The van der Waals surface area contributed by atoms with E-state index < -0.39 is 0 Å². The van der Waals surface area contributed by atoms with Gasteiger partial charge < -0.3 is 0 Å². The van der Waals surface area contributed by atoms with Gasteiger partial charge in [0, 0.05) is 17.1 Å². The Balaban J connectivity index is 1.92. The van der Waals surface area contributed by atoms with Gasteiger partial charge in [-0.3, -0.25) is 0 Å². The molecule has 0 amide bonds. The average molecular weight is 306 g/mol. The van der Waals surface area contributed by atoms with Gasteiger partial charge >= 0.3 is 0 Å². The van der Waals surface area contributed by atoms with Crippen molar-refractivity contribution in [3.8, 4) is 0 Å². The number of halogens is 2. The highest BCUT2D eigenvalue weighted by molar-refractivity contribution is 9.10. The highest BCUT2D eigenvalue weighted by Crippen LogP contribution is 2.13. The predicted molar refractivity (Wildman–Crippen MR) is 69.9 cm³/mol. The smallest absolute Gasteiger partial charge is 0.156 e. The van der Waals surface area contributed by atoms with E-state index in [1.807, 2.05) is 18.3 Å². The van der Waals surface area contributed by atoms with Gasteiger partial charge in [-0.1, -0.05) is 28.1 Å². The maximum Gasteiger partial charge on any atom is 0.156 e. The first-order valence-electron chi connectivity index (χ1n) is 5.46. The molecular formula is C13H9BrFN3. The van der Waals surface area contributed by atoms with Crippen molar-refractivity contribution in [3.05, 3.63) is 64.3 Å². The van der Waals surface area contributed by atoms with Crippen LogP contribution in [-0.4, -0.2) is 14.6 Å². The van der Waals surface area contributed by atoms with Crippen LogP contribution in [0.15, 0.2) is 47.1 Å². The van der Waals surface area contributed by atoms with Crippen LogP contribution in [0.4, 0.5) is 4.39 Å². The topological polar surface area (TPSA) is 30.2 Å². The molecule has 2 heterocycles. The van der Waals surface area contributed by atoms with Crippen LogP contribution in [0.3, 0.4) is 0 Å². The SMILES string of the molecule is Fc1ccc(Cc2nc3cc(Br)ccn3n2)cc1.